The lowest BCUT2D eigenvalue weighted by Gasteiger charge is -2.19. The maximum absolute atomic E-state index is 12.8. The van der Waals surface area contributed by atoms with Crippen LogP contribution in [0.4, 0.5) is 11.4 Å². The minimum absolute atomic E-state index is 0.0398. The molecular weight excluding hydrogens is 440 g/mol. The van der Waals surface area contributed by atoms with Crippen LogP contribution in [0.25, 0.3) is 10.8 Å². The quantitative estimate of drug-likeness (QED) is 0.560. The lowest BCUT2D eigenvalue weighted by Crippen LogP contribution is -2.28. The number of anilines is 2. The van der Waals surface area contributed by atoms with Gasteiger partial charge >= 0.3 is 0 Å². The van der Waals surface area contributed by atoms with E-state index in [1.807, 2.05) is 55.5 Å². The van der Waals surface area contributed by atoms with Gasteiger partial charge in [-0.2, -0.15) is 0 Å². The molecule has 3 aromatic rings. The van der Waals surface area contributed by atoms with Crippen LogP contribution in [0, 0.1) is 12.8 Å². The van der Waals surface area contributed by atoms with Gasteiger partial charge in [0.05, 0.1) is 16.6 Å². The molecule has 1 aliphatic heterocycles. The summed E-state index contributed by atoms with van der Waals surface area (Å²) in [5.74, 6) is -0.618. The van der Waals surface area contributed by atoms with Gasteiger partial charge in [0.1, 0.15) is 0 Å². The Balaban J connectivity index is 1.56. The zero-order valence-electron chi connectivity index (χ0n) is 15.2. The number of carbonyl (C=O) groups excluding carboxylic acids is 2. The number of halogens is 2. The van der Waals surface area contributed by atoms with Crippen LogP contribution >= 0.6 is 27.5 Å². The van der Waals surface area contributed by atoms with Crippen molar-refractivity contribution in [2.45, 2.75) is 13.3 Å². The maximum Gasteiger partial charge on any atom is 0.229 e. The van der Waals surface area contributed by atoms with Gasteiger partial charge in [0.2, 0.25) is 11.8 Å². The third-order valence-corrected chi connectivity index (χ3v) is 6.28. The number of nitrogens with zero attached hydrogens (tertiary/aromatic N) is 1. The van der Waals surface area contributed by atoms with Crippen molar-refractivity contribution in [1.29, 1.82) is 0 Å². The topological polar surface area (TPSA) is 49.4 Å². The molecule has 1 saturated heterocycles. The Labute approximate surface area is 176 Å². The van der Waals surface area contributed by atoms with Crippen LogP contribution in [0.1, 0.15) is 12.0 Å². The fourth-order valence-corrected chi connectivity index (χ4v) is 4.20. The van der Waals surface area contributed by atoms with Crippen molar-refractivity contribution in [3.63, 3.8) is 0 Å². The molecule has 28 heavy (non-hydrogen) atoms. The van der Waals surface area contributed by atoms with E-state index in [0.29, 0.717) is 17.3 Å². The first-order valence-corrected chi connectivity index (χ1v) is 10.2. The second-order valence-corrected chi connectivity index (χ2v) is 8.24. The number of fused-ring (bicyclic) bond motifs is 1. The maximum atomic E-state index is 12.8. The van der Waals surface area contributed by atoms with E-state index in [4.69, 9.17) is 11.6 Å². The van der Waals surface area contributed by atoms with E-state index >= 15 is 0 Å². The van der Waals surface area contributed by atoms with Crippen LogP contribution in [0.15, 0.2) is 59.1 Å². The number of carbonyl (C=O) groups is 2. The standard InChI is InChI=1S/C22H18BrClN2O2/c1-13-9-17(23)18(24)11-19(13)25-22(28)15-10-21(27)26(12-15)20-8-4-6-14-5-2-3-7-16(14)20/h2-9,11,15H,10,12H2,1H3,(H,25,28)/t15-/m0/s1. The summed E-state index contributed by atoms with van der Waals surface area (Å²) in [5.41, 5.74) is 2.41. The Bertz CT molecular complexity index is 1090. The van der Waals surface area contributed by atoms with Crippen molar-refractivity contribution in [3.8, 4) is 0 Å². The Morgan fingerprint density at radius 2 is 1.93 bits per heavy atom. The zero-order valence-corrected chi connectivity index (χ0v) is 17.5. The third-order valence-electron chi connectivity index (χ3n) is 5.08. The van der Waals surface area contributed by atoms with Crippen molar-refractivity contribution in [2.24, 2.45) is 5.92 Å². The fourth-order valence-electron chi connectivity index (χ4n) is 3.58. The van der Waals surface area contributed by atoms with Gasteiger partial charge in [0.15, 0.2) is 0 Å². The van der Waals surface area contributed by atoms with Crippen LogP contribution in [-0.2, 0) is 9.59 Å². The molecule has 1 atom stereocenters. The third kappa shape index (κ3) is 3.52. The molecule has 4 nitrogen and oxygen atoms in total. The normalized spacial score (nSPS) is 16.6. The van der Waals surface area contributed by atoms with Crippen molar-refractivity contribution in [3.05, 3.63) is 69.7 Å². The summed E-state index contributed by atoms with van der Waals surface area (Å²) in [6.45, 7) is 2.26. The average Bonchev–Trinajstić information content (AvgIpc) is 3.07. The van der Waals surface area contributed by atoms with Gasteiger partial charge in [0, 0.05) is 28.5 Å². The first-order chi connectivity index (χ1) is 13.4. The highest BCUT2D eigenvalue weighted by atomic mass is 79.9. The number of hydrogen-bond donors (Lipinski definition) is 1. The predicted molar refractivity (Wildman–Crippen MR) is 117 cm³/mol. The molecule has 1 heterocycles. The van der Waals surface area contributed by atoms with E-state index in [2.05, 4.69) is 21.2 Å². The Hall–Kier alpha value is -2.37. The van der Waals surface area contributed by atoms with Gasteiger partial charge in [-0.15, -0.1) is 0 Å². The summed E-state index contributed by atoms with van der Waals surface area (Å²) < 4.78 is 0.780. The van der Waals surface area contributed by atoms with Crippen molar-refractivity contribution in [2.75, 3.05) is 16.8 Å². The molecular formula is C22H18BrClN2O2. The van der Waals surface area contributed by atoms with E-state index in [9.17, 15) is 9.59 Å². The molecule has 0 aromatic heterocycles. The number of benzene rings is 3. The summed E-state index contributed by atoms with van der Waals surface area (Å²) in [5, 5.41) is 5.53. The number of amides is 2. The minimum atomic E-state index is -0.409. The highest BCUT2D eigenvalue weighted by Gasteiger charge is 2.35. The van der Waals surface area contributed by atoms with Crippen LogP contribution in [0.2, 0.25) is 5.02 Å². The molecule has 0 spiro atoms. The highest BCUT2D eigenvalue weighted by molar-refractivity contribution is 9.10. The number of rotatable bonds is 3. The first-order valence-electron chi connectivity index (χ1n) is 8.98. The molecule has 142 valence electrons. The highest BCUT2D eigenvalue weighted by Crippen LogP contribution is 2.33. The second-order valence-electron chi connectivity index (χ2n) is 6.97. The molecule has 0 radical (unpaired) electrons. The predicted octanol–water partition coefficient (Wildman–Crippen LogP) is 5.56. The zero-order chi connectivity index (χ0) is 19.8. The summed E-state index contributed by atoms with van der Waals surface area (Å²) in [4.78, 5) is 27.2. The molecule has 0 aliphatic carbocycles. The Morgan fingerprint density at radius 1 is 1.18 bits per heavy atom. The van der Waals surface area contributed by atoms with Crippen molar-refractivity contribution >= 4 is 61.5 Å². The Kier molecular flexibility index (Phi) is 5.13. The number of aryl methyl sites for hydroxylation is 1. The van der Waals surface area contributed by atoms with Gasteiger partial charge in [-0.25, -0.2) is 0 Å². The van der Waals surface area contributed by atoms with Gasteiger partial charge in [-0.3, -0.25) is 9.59 Å². The lowest BCUT2D eigenvalue weighted by atomic mass is 10.1. The van der Waals surface area contributed by atoms with E-state index in [1.54, 1.807) is 11.0 Å². The summed E-state index contributed by atoms with van der Waals surface area (Å²) in [7, 11) is 0. The summed E-state index contributed by atoms with van der Waals surface area (Å²) >= 11 is 9.53. The van der Waals surface area contributed by atoms with Gasteiger partial charge < -0.3 is 10.2 Å². The molecule has 4 rings (SSSR count). The molecule has 6 heteroatoms. The van der Waals surface area contributed by atoms with Crippen LogP contribution in [0.3, 0.4) is 0 Å². The van der Waals surface area contributed by atoms with E-state index < -0.39 is 5.92 Å². The van der Waals surface area contributed by atoms with Gasteiger partial charge in [0.25, 0.3) is 0 Å². The molecule has 1 fully saturated rings. The van der Waals surface area contributed by atoms with E-state index in [-0.39, 0.29) is 18.2 Å². The van der Waals surface area contributed by atoms with Crippen LogP contribution < -0.4 is 10.2 Å². The average molecular weight is 458 g/mol. The molecule has 2 amide bonds. The monoisotopic (exact) mass is 456 g/mol. The smallest absolute Gasteiger partial charge is 0.229 e. The molecule has 1 N–H and O–H groups in total. The molecule has 0 saturated carbocycles. The van der Waals surface area contributed by atoms with E-state index in [0.717, 1.165) is 26.5 Å². The lowest BCUT2D eigenvalue weighted by molar-refractivity contribution is -0.122. The van der Waals surface area contributed by atoms with Gasteiger partial charge in [-0.05, 0) is 52.0 Å². The summed E-state index contributed by atoms with van der Waals surface area (Å²) in [6.07, 6.45) is 0.193. The van der Waals surface area contributed by atoms with Crippen LogP contribution in [-0.4, -0.2) is 18.4 Å². The molecule has 0 unspecified atom stereocenters. The second kappa shape index (κ2) is 7.57. The molecule has 3 aromatic carbocycles. The van der Waals surface area contributed by atoms with Crippen molar-refractivity contribution < 1.29 is 9.59 Å². The SMILES string of the molecule is Cc1cc(Br)c(Cl)cc1NC(=O)[C@H]1CC(=O)N(c2cccc3ccccc23)C1. The number of nitrogens with one attached hydrogen (secondary N) is 1. The van der Waals surface area contributed by atoms with E-state index in [1.165, 1.54) is 0 Å². The van der Waals surface area contributed by atoms with Crippen molar-refractivity contribution in [1.82, 2.24) is 0 Å². The molecule has 1 aliphatic rings. The number of hydrogen-bond acceptors (Lipinski definition) is 2. The largest absolute Gasteiger partial charge is 0.325 e. The van der Waals surface area contributed by atoms with Gasteiger partial charge in [-0.1, -0.05) is 48.0 Å². The Morgan fingerprint density at radius 3 is 2.75 bits per heavy atom. The first kappa shape index (κ1) is 19.0. The summed E-state index contributed by atoms with van der Waals surface area (Å²) in [6, 6.07) is 17.4. The fraction of sp³-hybridized carbons (Fsp3) is 0.182. The minimum Gasteiger partial charge on any atom is -0.325 e. The van der Waals surface area contributed by atoms with Crippen LogP contribution in [0.5, 0.6) is 0 Å². The molecule has 0 bridgehead atoms.